The average molecular weight is 429 g/mol. The van der Waals surface area contributed by atoms with E-state index in [1.165, 1.54) is 29.5 Å². The van der Waals surface area contributed by atoms with Crippen LogP contribution in [0.25, 0.3) is 11.8 Å². The van der Waals surface area contributed by atoms with Gasteiger partial charge < -0.3 is 5.32 Å². The number of hydrogen-bond acceptors (Lipinski definition) is 6. The van der Waals surface area contributed by atoms with Crippen molar-refractivity contribution < 1.29 is 14.4 Å². The molecule has 0 unspecified atom stereocenters. The normalized spacial score (nSPS) is 10.8. The van der Waals surface area contributed by atoms with Crippen LogP contribution < -0.4 is 10.00 Å². The molecule has 0 aliphatic heterocycles. The lowest BCUT2D eigenvalue weighted by Crippen LogP contribution is -2.38. The molecule has 1 N–H and O–H groups in total. The largest absolute Gasteiger partial charge is 0.344 e. The Labute approximate surface area is 182 Å². The first kappa shape index (κ1) is 20.1. The van der Waals surface area contributed by atoms with E-state index in [4.69, 9.17) is 0 Å². The van der Waals surface area contributed by atoms with Gasteiger partial charge in [-0.3, -0.25) is 14.9 Å². The van der Waals surface area contributed by atoms with Crippen LogP contribution in [0.15, 0.2) is 91.0 Å². The molecule has 3 aromatic carbocycles. The van der Waals surface area contributed by atoms with Crippen LogP contribution in [0.1, 0.15) is 15.4 Å². The third-order valence-corrected chi connectivity index (χ3v) is 5.29. The van der Waals surface area contributed by atoms with E-state index in [1.807, 2.05) is 60.7 Å². The van der Waals surface area contributed by atoms with Crippen molar-refractivity contribution >= 4 is 39.7 Å². The van der Waals surface area contributed by atoms with Crippen LogP contribution in [-0.2, 0) is 0 Å². The third kappa shape index (κ3) is 4.88. The van der Waals surface area contributed by atoms with Crippen LogP contribution in [0.4, 0.5) is 16.5 Å². The summed E-state index contributed by atoms with van der Waals surface area (Å²) < 4.78 is 1.61. The number of nitro groups is 1. The Hall–Kier alpha value is -4.17. The van der Waals surface area contributed by atoms with E-state index in [9.17, 15) is 14.9 Å². The molecule has 0 aliphatic carbocycles. The Morgan fingerprint density at radius 2 is 1.61 bits per heavy atom. The number of ketones is 1. The van der Waals surface area contributed by atoms with Crippen molar-refractivity contribution in [1.29, 1.82) is 0 Å². The number of anilines is 2. The topological polar surface area (TPSA) is 89.0 Å². The van der Waals surface area contributed by atoms with E-state index in [1.54, 1.807) is 22.9 Å². The van der Waals surface area contributed by atoms with Gasteiger partial charge in [0, 0.05) is 35.1 Å². The summed E-state index contributed by atoms with van der Waals surface area (Å²) in [5.74, 6) is -0.221. The second-order valence-corrected chi connectivity index (χ2v) is 7.47. The number of benzene rings is 3. The lowest BCUT2D eigenvalue weighted by molar-refractivity contribution is -0.654. The fraction of sp³-hybridized carbons (Fsp3) is 0. The molecule has 0 aliphatic rings. The third-order valence-electron chi connectivity index (χ3n) is 4.34. The van der Waals surface area contributed by atoms with Gasteiger partial charge in [0.05, 0.1) is 4.92 Å². The van der Waals surface area contributed by atoms with Crippen LogP contribution in [0, 0.1) is 10.1 Å². The SMILES string of the molecule is O=C(/C=C/c1ccc([N+](=O)[O-])cc1)c1sc(Nc2ccccc2)n[n+]1-c1ccccc1. The van der Waals surface area contributed by atoms with Crippen LogP contribution in [-0.4, -0.2) is 15.8 Å². The number of carbonyl (C=O) groups is 1. The van der Waals surface area contributed by atoms with Crippen molar-refractivity contribution in [2.45, 2.75) is 0 Å². The molecule has 0 radical (unpaired) electrons. The van der Waals surface area contributed by atoms with Gasteiger partial charge in [0.15, 0.2) is 0 Å². The fourth-order valence-electron chi connectivity index (χ4n) is 2.84. The average Bonchev–Trinajstić information content (AvgIpc) is 3.23. The summed E-state index contributed by atoms with van der Waals surface area (Å²) in [5, 5.41) is 19.6. The highest BCUT2D eigenvalue weighted by atomic mass is 32.1. The van der Waals surface area contributed by atoms with Crippen LogP contribution in [0.2, 0.25) is 0 Å². The lowest BCUT2D eigenvalue weighted by Gasteiger charge is -1.97. The molecule has 4 aromatic rings. The molecule has 1 heterocycles. The number of carbonyl (C=O) groups excluding carboxylic acids is 1. The summed E-state index contributed by atoms with van der Waals surface area (Å²) in [6.07, 6.45) is 3.08. The summed E-state index contributed by atoms with van der Waals surface area (Å²) in [7, 11) is 0. The first-order valence-corrected chi connectivity index (χ1v) is 10.2. The molecule has 7 nitrogen and oxygen atoms in total. The number of nitrogens with zero attached hydrogens (tertiary/aromatic N) is 3. The minimum absolute atomic E-state index is 0.00415. The Bertz CT molecular complexity index is 1240. The second-order valence-electron chi connectivity index (χ2n) is 6.50. The van der Waals surface area contributed by atoms with Crippen LogP contribution >= 0.6 is 11.3 Å². The summed E-state index contributed by atoms with van der Waals surface area (Å²) in [6, 6.07) is 25.0. The second kappa shape index (κ2) is 9.10. The zero-order valence-electron chi connectivity index (χ0n) is 16.2. The molecule has 0 saturated heterocycles. The van der Waals surface area contributed by atoms with E-state index in [0.717, 1.165) is 11.4 Å². The highest BCUT2D eigenvalue weighted by Crippen LogP contribution is 2.22. The summed E-state index contributed by atoms with van der Waals surface area (Å²) in [4.78, 5) is 23.3. The Morgan fingerprint density at radius 3 is 2.26 bits per heavy atom. The monoisotopic (exact) mass is 429 g/mol. The maximum absolute atomic E-state index is 13.0. The van der Waals surface area contributed by atoms with Gasteiger partial charge in [-0.1, -0.05) is 42.5 Å². The molecule has 0 bridgehead atoms. The Kier molecular flexibility index (Phi) is 5.91. The number of allylic oxidation sites excluding steroid dienone is 1. The molecule has 1 aromatic heterocycles. The molecule has 0 amide bonds. The summed E-state index contributed by atoms with van der Waals surface area (Å²) >= 11 is 1.25. The predicted molar refractivity (Wildman–Crippen MR) is 120 cm³/mol. The maximum atomic E-state index is 13.0. The van der Waals surface area contributed by atoms with Gasteiger partial charge >= 0.3 is 5.01 Å². The molecule has 4 rings (SSSR count). The number of para-hydroxylation sites is 2. The van der Waals surface area contributed by atoms with Crippen LogP contribution in [0.5, 0.6) is 0 Å². The molecular weight excluding hydrogens is 412 g/mol. The zero-order valence-corrected chi connectivity index (χ0v) is 17.0. The van der Waals surface area contributed by atoms with Crippen molar-refractivity contribution in [3.63, 3.8) is 0 Å². The number of aromatic nitrogens is 2. The van der Waals surface area contributed by atoms with E-state index >= 15 is 0 Å². The number of rotatable bonds is 7. The van der Waals surface area contributed by atoms with Gasteiger partial charge in [-0.05, 0) is 51.9 Å². The Balaban J connectivity index is 1.63. The summed E-state index contributed by atoms with van der Waals surface area (Å²) in [5.41, 5.74) is 2.34. The first-order valence-electron chi connectivity index (χ1n) is 9.38. The van der Waals surface area contributed by atoms with Gasteiger partial charge in [0.25, 0.3) is 16.6 Å². The van der Waals surface area contributed by atoms with E-state index in [2.05, 4.69) is 10.4 Å². The van der Waals surface area contributed by atoms with Gasteiger partial charge in [-0.15, -0.1) is 0 Å². The highest BCUT2D eigenvalue weighted by molar-refractivity contribution is 7.16. The molecular formula is C23H17N4O3S+. The van der Waals surface area contributed by atoms with E-state index in [-0.39, 0.29) is 11.5 Å². The first-order chi connectivity index (χ1) is 15.1. The molecule has 0 fully saturated rings. The van der Waals surface area contributed by atoms with Gasteiger partial charge in [0.2, 0.25) is 5.69 Å². The standard InChI is InChI=1S/C23H16N4O3S/c28-21(16-13-17-11-14-20(15-12-17)27(29)30)22-26(19-9-5-2-6-10-19)25-23(31-22)24-18-7-3-1-4-8-18/h1-16H/p+1/b16-13+. The zero-order chi connectivity index (χ0) is 21.6. The minimum Gasteiger partial charge on any atom is -0.327 e. The van der Waals surface area contributed by atoms with Crippen molar-refractivity contribution in [2.24, 2.45) is 0 Å². The van der Waals surface area contributed by atoms with Gasteiger partial charge in [0.1, 0.15) is 0 Å². The molecule has 8 heteroatoms. The van der Waals surface area contributed by atoms with Crippen molar-refractivity contribution in [3.05, 3.63) is 112 Å². The van der Waals surface area contributed by atoms with Gasteiger partial charge in [-0.2, -0.15) is 0 Å². The quantitative estimate of drug-likeness (QED) is 0.147. The van der Waals surface area contributed by atoms with Crippen molar-refractivity contribution in [3.8, 4) is 5.69 Å². The fourth-order valence-corrected chi connectivity index (χ4v) is 3.71. The minimum atomic E-state index is -0.458. The predicted octanol–water partition coefficient (Wildman–Crippen LogP) is 4.97. The number of nitro benzene ring substituents is 1. The number of non-ortho nitro benzene ring substituents is 1. The van der Waals surface area contributed by atoms with Gasteiger partial charge in [-0.25, -0.2) is 0 Å². The number of nitrogens with one attached hydrogen (secondary N) is 1. The molecule has 0 atom stereocenters. The smallest absolute Gasteiger partial charge is 0.327 e. The highest BCUT2D eigenvalue weighted by Gasteiger charge is 2.27. The Morgan fingerprint density at radius 1 is 0.968 bits per heavy atom. The van der Waals surface area contributed by atoms with Crippen molar-refractivity contribution in [2.75, 3.05) is 5.32 Å². The molecule has 0 saturated carbocycles. The maximum Gasteiger partial charge on any atom is 0.344 e. The summed E-state index contributed by atoms with van der Waals surface area (Å²) in [6.45, 7) is 0. The van der Waals surface area contributed by atoms with E-state index in [0.29, 0.717) is 15.7 Å². The molecule has 0 spiro atoms. The molecule has 31 heavy (non-hydrogen) atoms. The van der Waals surface area contributed by atoms with Crippen LogP contribution in [0.3, 0.4) is 0 Å². The van der Waals surface area contributed by atoms with E-state index < -0.39 is 4.92 Å². The van der Waals surface area contributed by atoms with Crippen molar-refractivity contribution in [1.82, 2.24) is 5.10 Å². The molecule has 152 valence electrons. The lowest BCUT2D eigenvalue weighted by atomic mass is 10.2. The number of hydrogen-bond donors (Lipinski definition) is 1.